The van der Waals surface area contributed by atoms with Crippen molar-refractivity contribution in [1.82, 2.24) is 9.78 Å². The first-order valence-corrected chi connectivity index (χ1v) is 6.14. The van der Waals surface area contributed by atoms with Crippen LogP contribution < -0.4 is 0 Å². The van der Waals surface area contributed by atoms with Crippen LogP contribution in [-0.4, -0.2) is 16.4 Å². The lowest BCUT2D eigenvalue weighted by Crippen LogP contribution is -2.17. The third-order valence-corrected chi connectivity index (χ3v) is 3.63. The number of aromatic nitrogens is 2. The zero-order valence-electron chi connectivity index (χ0n) is 8.99. The van der Waals surface area contributed by atoms with Crippen molar-refractivity contribution in [2.75, 3.05) is 6.61 Å². The van der Waals surface area contributed by atoms with Crippen molar-refractivity contribution < 1.29 is 9.13 Å². The van der Waals surface area contributed by atoms with Crippen LogP contribution in [0.4, 0.5) is 4.39 Å². The van der Waals surface area contributed by atoms with Gasteiger partial charge < -0.3 is 4.74 Å². The summed E-state index contributed by atoms with van der Waals surface area (Å²) in [5.74, 6) is -0.239. The summed E-state index contributed by atoms with van der Waals surface area (Å²) < 4.78 is 21.1. The molecule has 1 aromatic heterocycles. The van der Waals surface area contributed by atoms with Gasteiger partial charge in [0.1, 0.15) is 11.5 Å². The lowest BCUT2D eigenvalue weighted by Gasteiger charge is -2.13. The fourth-order valence-electron chi connectivity index (χ4n) is 1.91. The highest BCUT2D eigenvalue weighted by Crippen LogP contribution is 2.32. The molecule has 0 saturated carbocycles. The van der Waals surface area contributed by atoms with Crippen molar-refractivity contribution >= 4 is 15.9 Å². The molecule has 0 N–H and O–H groups in total. The van der Waals surface area contributed by atoms with E-state index < -0.39 is 0 Å². The Hall–Kier alpha value is -1.20. The summed E-state index contributed by atoms with van der Waals surface area (Å²) in [6, 6.07) is 6.35. The molecule has 88 valence electrons. The second-order valence-electron chi connectivity index (χ2n) is 3.89. The van der Waals surface area contributed by atoms with Crippen LogP contribution in [0, 0.1) is 5.82 Å². The number of nitrogens with zero attached hydrogens (tertiary/aromatic N) is 2. The minimum absolute atomic E-state index is 0.239. The monoisotopic (exact) mass is 296 g/mol. The summed E-state index contributed by atoms with van der Waals surface area (Å²) in [6.45, 7) is 2.01. The Morgan fingerprint density at radius 3 is 2.76 bits per heavy atom. The molecule has 0 atom stereocenters. The Bertz CT molecular complexity index is 550. The van der Waals surface area contributed by atoms with Crippen molar-refractivity contribution in [1.29, 1.82) is 0 Å². The van der Waals surface area contributed by atoms with Gasteiger partial charge in [-0.05, 0) is 40.2 Å². The molecule has 0 amide bonds. The largest absolute Gasteiger partial charge is 0.373 e. The number of hydrogen-bond acceptors (Lipinski definition) is 2. The SMILES string of the molecule is Fc1ccc(-c2nn3c(c2Br)COCC3)cc1. The fourth-order valence-corrected chi connectivity index (χ4v) is 2.54. The van der Waals surface area contributed by atoms with E-state index in [1.165, 1.54) is 12.1 Å². The minimum Gasteiger partial charge on any atom is -0.373 e. The number of benzene rings is 1. The zero-order valence-corrected chi connectivity index (χ0v) is 10.6. The standard InChI is InChI=1S/C12H10BrFN2O/c13-11-10-7-17-6-5-16(10)15-12(11)8-1-3-9(14)4-2-8/h1-4H,5-7H2. The molecule has 0 aliphatic carbocycles. The van der Waals surface area contributed by atoms with E-state index in [9.17, 15) is 4.39 Å². The van der Waals surface area contributed by atoms with E-state index in [1.807, 2.05) is 4.68 Å². The van der Waals surface area contributed by atoms with Gasteiger partial charge in [0, 0.05) is 5.56 Å². The summed E-state index contributed by atoms with van der Waals surface area (Å²) in [6.07, 6.45) is 0. The van der Waals surface area contributed by atoms with Gasteiger partial charge in [-0.3, -0.25) is 4.68 Å². The molecule has 0 bridgehead atoms. The summed E-state index contributed by atoms with van der Waals surface area (Å²) >= 11 is 3.54. The quantitative estimate of drug-likeness (QED) is 0.809. The first kappa shape index (κ1) is 10.9. The molecule has 2 aromatic rings. The lowest BCUT2D eigenvalue weighted by molar-refractivity contribution is 0.0796. The van der Waals surface area contributed by atoms with Gasteiger partial charge >= 0.3 is 0 Å². The van der Waals surface area contributed by atoms with E-state index in [0.717, 1.165) is 28.0 Å². The Balaban J connectivity index is 2.09. The second-order valence-corrected chi connectivity index (χ2v) is 4.68. The molecule has 1 aliphatic heterocycles. The minimum atomic E-state index is -0.239. The van der Waals surface area contributed by atoms with E-state index in [0.29, 0.717) is 13.2 Å². The first-order valence-electron chi connectivity index (χ1n) is 5.34. The average molecular weight is 297 g/mol. The normalized spacial score (nSPS) is 14.7. The molecule has 3 nitrogen and oxygen atoms in total. The van der Waals surface area contributed by atoms with E-state index in [1.54, 1.807) is 12.1 Å². The molecule has 0 fully saturated rings. The maximum Gasteiger partial charge on any atom is 0.123 e. The Kier molecular flexibility index (Phi) is 2.72. The molecule has 0 saturated heterocycles. The van der Waals surface area contributed by atoms with Crippen LogP contribution in [0.1, 0.15) is 5.69 Å². The van der Waals surface area contributed by atoms with Crippen LogP contribution in [0.5, 0.6) is 0 Å². The van der Waals surface area contributed by atoms with Crippen molar-refractivity contribution in [3.8, 4) is 11.3 Å². The third-order valence-electron chi connectivity index (χ3n) is 2.80. The number of hydrogen-bond donors (Lipinski definition) is 0. The molecule has 1 aliphatic rings. The van der Waals surface area contributed by atoms with Crippen LogP contribution in [0.25, 0.3) is 11.3 Å². The van der Waals surface area contributed by atoms with E-state index in [-0.39, 0.29) is 5.82 Å². The molecular formula is C12H10BrFN2O. The molecule has 0 radical (unpaired) electrons. The van der Waals surface area contributed by atoms with Crippen molar-refractivity contribution in [2.24, 2.45) is 0 Å². The van der Waals surface area contributed by atoms with Gasteiger partial charge in [-0.15, -0.1) is 0 Å². The van der Waals surface area contributed by atoms with Crippen molar-refractivity contribution in [3.63, 3.8) is 0 Å². The number of rotatable bonds is 1. The van der Waals surface area contributed by atoms with E-state index in [4.69, 9.17) is 4.74 Å². The molecule has 17 heavy (non-hydrogen) atoms. The lowest BCUT2D eigenvalue weighted by atomic mass is 10.1. The van der Waals surface area contributed by atoms with E-state index >= 15 is 0 Å². The number of halogens is 2. The molecule has 1 aromatic carbocycles. The molecule has 5 heteroatoms. The highest BCUT2D eigenvalue weighted by atomic mass is 79.9. The third kappa shape index (κ3) is 1.89. The molecule has 3 rings (SSSR count). The number of ether oxygens (including phenoxy) is 1. The van der Waals surface area contributed by atoms with Gasteiger partial charge in [0.15, 0.2) is 0 Å². The summed E-state index contributed by atoms with van der Waals surface area (Å²) in [4.78, 5) is 0. The smallest absolute Gasteiger partial charge is 0.123 e. The van der Waals surface area contributed by atoms with E-state index in [2.05, 4.69) is 21.0 Å². The van der Waals surface area contributed by atoms with Gasteiger partial charge in [0.2, 0.25) is 0 Å². The summed E-state index contributed by atoms with van der Waals surface area (Å²) in [5.41, 5.74) is 2.78. The van der Waals surface area contributed by atoms with Crippen LogP contribution in [0.15, 0.2) is 28.7 Å². The maximum atomic E-state index is 12.9. The predicted octanol–water partition coefficient (Wildman–Crippen LogP) is 2.98. The molecular weight excluding hydrogens is 287 g/mol. The summed E-state index contributed by atoms with van der Waals surface area (Å²) in [7, 11) is 0. The Labute approximate surface area is 106 Å². The van der Waals surface area contributed by atoms with Crippen LogP contribution in [-0.2, 0) is 17.9 Å². The fraction of sp³-hybridized carbons (Fsp3) is 0.250. The van der Waals surface area contributed by atoms with Gasteiger partial charge in [-0.1, -0.05) is 0 Å². The number of fused-ring (bicyclic) bond motifs is 1. The van der Waals surface area contributed by atoms with Gasteiger partial charge in [0.05, 0.1) is 29.9 Å². The van der Waals surface area contributed by atoms with Crippen molar-refractivity contribution in [3.05, 3.63) is 40.2 Å². The zero-order chi connectivity index (χ0) is 11.8. The van der Waals surface area contributed by atoms with Gasteiger partial charge in [-0.25, -0.2) is 4.39 Å². The highest BCUT2D eigenvalue weighted by molar-refractivity contribution is 9.10. The molecule has 0 unspecified atom stereocenters. The topological polar surface area (TPSA) is 27.1 Å². The first-order chi connectivity index (χ1) is 8.25. The molecule has 2 heterocycles. The average Bonchev–Trinajstić information content (AvgIpc) is 2.69. The van der Waals surface area contributed by atoms with Crippen LogP contribution in [0.2, 0.25) is 0 Å². The predicted molar refractivity (Wildman–Crippen MR) is 65.0 cm³/mol. The summed E-state index contributed by atoms with van der Waals surface area (Å²) in [5, 5.41) is 4.52. The van der Waals surface area contributed by atoms with Gasteiger partial charge in [-0.2, -0.15) is 5.10 Å². The van der Waals surface area contributed by atoms with Crippen molar-refractivity contribution in [2.45, 2.75) is 13.2 Å². The highest BCUT2D eigenvalue weighted by Gasteiger charge is 2.19. The van der Waals surface area contributed by atoms with Crippen LogP contribution >= 0.6 is 15.9 Å². The Morgan fingerprint density at radius 1 is 1.29 bits per heavy atom. The second kappa shape index (κ2) is 4.23. The van der Waals surface area contributed by atoms with Crippen LogP contribution in [0.3, 0.4) is 0 Å². The Morgan fingerprint density at radius 2 is 2.06 bits per heavy atom. The maximum absolute atomic E-state index is 12.9. The van der Waals surface area contributed by atoms with Gasteiger partial charge in [0.25, 0.3) is 0 Å². The molecule has 0 spiro atoms.